The summed E-state index contributed by atoms with van der Waals surface area (Å²) < 4.78 is 17.0. The van der Waals surface area contributed by atoms with E-state index in [4.69, 9.17) is 19.3 Å². The maximum absolute atomic E-state index is 13.3. The largest absolute Gasteiger partial charge is 0.495 e. The van der Waals surface area contributed by atoms with E-state index in [2.05, 4.69) is 4.98 Å². The Morgan fingerprint density at radius 1 is 1.38 bits per heavy atom. The van der Waals surface area contributed by atoms with Gasteiger partial charge in [0.1, 0.15) is 5.75 Å². The van der Waals surface area contributed by atoms with Gasteiger partial charge in [0.15, 0.2) is 11.4 Å². The predicted octanol–water partition coefficient (Wildman–Crippen LogP) is 3.06. The number of hydrogen-bond donors (Lipinski definition) is 1. The molecule has 1 fully saturated rings. The van der Waals surface area contributed by atoms with Crippen molar-refractivity contribution < 1.29 is 18.7 Å². The highest BCUT2D eigenvalue weighted by atomic mass is 16.5. The number of carbonyl (C=O) groups is 1. The van der Waals surface area contributed by atoms with Crippen LogP contribution in [0.1, 0.15) is 37.9 Å². The third kappa shape index (κ3) is 1.61. The lowest BCUT2D eigenvalue weighted by molar-refractivity contribution is -0.148. The van der Waals surface area contributed by atoms with Gasteiger partial charge in [-0.2, -0.15) is 0 Å². The number of aromatic nitrogens is 1. The molecule has 6 nitrogen and oxygen atoms in total. The van der Waals surface area contributed by atoms with Gasteiger partial charge in [0.25, 0.3) is 0 Å². The number of nitrogens with zero attached hydrogens (tertiary/aromatic N) is 1. The number of ketones is 1. The van der Waals surface area contributed by atoms with Crippen LogP contribution < -0.4 is 4.74 Å². The number of ether oxygens (including phenoxy) is 2. The molecule has 126 valence electrons. The molecule has 2 aliphatic rings. The fraction of sp³-hybridized carbons (Fsp3) is 0.500. The van der Waals surface area contributed by atoms with Crippen molar-refractivity contribution in [2.75, 3.05) is 14.2 Å². The molecule has 24 heavy (non-hydrogen) atoms. The van der Waals surface area contributed by atoms with Gasteiger partial charge in [-0.15, -0.1) is 0 Å². The topological polar surface area (TPSA) is 85.4 Å². The Morgan fingerprint density at radius 2 is 2.12 bits per heavy atom. The fourth-order valence-corrected chi connectivity index (χ4v) is 4.51. The zero-order valence-corrected chi connectivity index (χ0v) is 14.2. The minimum Gasteiger partial charge on any atom is -0.495 e. The average molecular weight is 328 g/mol. The molecule has 6 heteroatoms. The third-order valence-electron chi connectivity index (χ3n) is 5.48. The van der Waals surface area contributed by atoms with Crippen LogP contribution in [-0.2, 0) is 15.1 Å². The SMILES string of the molecule is COc1c2c(nc3occc13)C(=N)C[C@H]1CC(C)(C)C(=O)[C@@]21OC. The summed E-state index contributed by atoms with van der Waals surface area (Å²) in [6.45, 7) is 3.88. The molecular weight excluding hydrogens is 308 g/mol. The quantitative estimate of drug-likeness (QED) is 0.915. The van der Waals surface area contributed by atoms with E-state index in [1.807, 2.05) is 13.8 Å². The van der Waals surface area contributed by atoms with Gasteiger partial charge in [0.05, 0.1) is 35.7 Å². The summed E-state index contributed by atoms with van der Waals surface area (Å²) in [7, 11) is 3.12. The van der Waals surface area contributed by atoms with Crippen LogP contribution in [-0.4, -0.2) is 30.7 Å². The maximum atomic E-state index is 13.3. The molecule has 0 saturated heterocycles. The fourth-order valence-electron chi connectivity index (χ4n) is 4.51. The van der Waals surface area contributed by atoms with E-state index in [-0.39, 0.29) is 11.7 Å². The van der Waals surface area contributed by atoms with Crippen LogP contribution in [0.2, 0.25) is 0 Å². The molecule has 0 bridgehead atoms. The Morgan fingerprint density at radius 3 is 2.79 bits per heavy atom. The molecule has 0 spiro atoms. The third-order valence-corrected chi connectivity index (χ3v) is 5.48. The van der Waals surface area contributed by atoms with Crippen molar-refractivity contribution in [3.8, 4) is 5.75 Å². The first kappa shape index (κ1) is 15.3. The summed E-state index contributed by atoms with van der Waals surface area (Å²) in [5.74, 6) is 0.454. The molecule has 0 aliphatic heterocycles. The van der Waals surface area contributed by atoms with Gasteiger partial charge in [-0.05, 0) is 18.9 Å². The number of Topliss-reactive ketones (excluding diaryl/α,β-unsaturated/α-hetero) is 1. The number of pyridine rings is 1. The van der Waals surface area contributed by atoms with Gasteiger partial charge in [-0.3, -0.25) is 4.79 Å². The number of methoxy groups -OCH3 is 2. The average Bonchev–Trinajstić information content (AvgIpc) is 3.08. The maximum Gasteiger partial charge on any atom is 0.230 e. The van der Waals surface area contributed by atoms with Crippen molar-refractivity contribution in [3.63, 3.8) is 0 Å². The Kier molecular flexibility index (Phi) is 2.98. The monoisotopic (exact) mass is 328 g/mol. The smallest absolute Gasteiger partial charge is 0.230 e. The summed E-state index contributed by atoms with van der Waals surface area (Å²) in [6, 6.07) is 1.77. The second-order valence-electron chi connectivity index (χ2n) is 7.24. The first-order chi connectivity index (χ1) is 11.4. The van der Waals surface area contributed by atoms with Crippen LogP contribution >= 0.6 is 0 Å². The summed E-state index contributed by atoms with van der Waals surface area (Å²) in [5, 5.41) is 9.15. The number of rotatable bonds is 2. The van der Waals surface area contributed by atoms with Crippen LogP contribution in [0.15, 0.2) is 16.7 Å². The molecule has 2 aromatic rings. The van der Waals surface area contributed by atoms with Gasteiger partial charge in [-0.1, -0.05) is 13.8 Å². The highest BCUT2D eigenvalue weighted by Crippen LogP contribution is 2.58. The van der Waals surface area contributed by atoms with Gasteiger partial charge in [0, 0.05) is 18.4 Å². The molecule has 0 aromatic carbocycles. The van der Waals surface area contributed by atoms with Crippen molar-refractivity contribution >= 4 is 22.6 Å². The Balaban J connectivity index is 2.14. The van der Waals surface area contributed by atoms with E-state index in [0.29, 0.717) is 46.7 Å². The summed E-state index contributed by atoms with van der Waals surface area (Å²) in [6.07, 6.45) is 2.67. The van der Waals surface area contributed by atoms with E-state index in [0.717, 1.165) is 0 Å². The van der Waals surface area contributed by atoms with Crippen molar-refractivity contribution in [1.29, 1.82) is 5.41 Å². The van der Waals surface area contributed by atoms with Gasteiger partial charge in [0.2, 0.25) is 5.71 Å². The number of fused-ring (bicyclic) bond motifs is 4. The Labute approximate surface area is 139 Å². The van der Waals surface area contributed by atoms with Crippen molar-refractivity contribution in [1.82, 2.24) is 4.98 Å². The summed E-state index contributed by atoms with van der Waals surface area (Å²) >= 11 is 0. The Bertz CT molecular complexity index is 883. The van der Waals surface area contributed by atoms with E-state index < -0.39 is 11.0 Å². The van der Waals surface area contributed by atoms with Gasteiger partial charge >= 0.3 is 0 Å². The van der Waals surface area contributed by atoms with E-state index in [1.54, 1.807) is 20.3 Å². The lowest BCUT2D eigenvalue weighted by Crippen LogP contribution is -2.46. The van der Waals surface area contributed by atoms with E-state index in [1.165, 1.54) is 6.26 Å². The molecular formula is C18H20N2O4. The molecule has 1 saturated carbocycles. The van der Waals surface area contributed by atoms with Crippen LogP contribution in [0.3, 0.4) is 0 Å². The minimum absolute atomic E-state index is 0.0270. The number of carbonyl (C=O) groups excluding carboxylic acids is 1. The summed E-state index contributed by atoms with van der Waals surface area (Å²) in [5.41, 5.74) is 0.192. The van der Waals surface area contributed by atoms with Crippen molar-refractivity contribution in [3.05, 3.63) is 23.6 Å². The van der Waals surface area contributed by atoms with Gasteiger partial charge in [-0.25, -0.2) is 4.98 Å². The van der Waals surface area contributed by atoms with E-state index in [9.17, 15) is 4.79 Å². The molecule has 0 unspecified atom stereocenters. The zero-order valence-electron chi connectivity index (χ0n) is 14.2. The minimum atomic E-state index is -1.12. The van der Waals surface area contributed by atoms with Crippen LogP contribution in [0.25, 0.3) is 11.1 Å². The zero-order chi connectivity index (χ0) is 17.3. The van der Waals surface area contributed by atoms with Crippen LogP contribution in [0, 0.1) is 16.7 Å². The lowest BCUT2D eigenvalue weighted by Gasteiger charge is -2.39. The molecule has 0 radical (unpaired) electrons. The molecule has 2 aromatic heterocycles. The Hall–Kier alpha value is -2.21. The van der Waals surface area contributed by atoms with E-state index >= 15 is 0 Å². The molecule has 1 N–H and O–H groups in total. The lowest BCUT2D eigenvalue weighted by atomic mass is 9.73. The molecule has 2 aliphatic carbocycles. The molecule has 2 heterocycles. The number of furan rings is 1. The predicted molar refractivity (Wildman–Crippen MR) is 87.6 cm³/mol. The number of nitrogens with one attached hydrogen (secondary N) is 1. The molecule has 4 rings (SSSR count). The van der Waals surface area contributed by atoms with Crippen molar-refractivity contribution in [2.24, 2.45) is 11.3 Å². The first-order valence-electron chi connectivity index (χ1n) is 8.00. The summed E-state index contributed by atoms with van der Waals surface area (Å²) in [4.78, 5) is 17.8. The number of hydrogen-bond acceptors (Lipinski definition) is 6. The highest BCUT2D eigenvalue weighted by Gasteiger charge is 2.64. The van der Waals surface area contributed by atoms with Crippen LogP contribution in [0.5, 0.6) is 5.75 Å². The normalized spacial score (nSPS) is 28.1. The second kappa shape index (κ2) is 4.66. The second-order valence-corrected chi connectivity index (χ2v) is 7.24. The highest BCUT2D eigenvalue weighted by molar-refractivity contribution is 6.09. The molecule has 0 amide bonds. The molecule has 2 atom stereocenters. The van der Waals surface area contributed by atoms with Gasteiger partial charge < -0.3 is 19.3 Å². The standard InChI is InChI=1S/C18H20N2O4/c1-17(2)8-9-7-11(19)13-12(18(9,23-4)16(17)21)14(22-3)10-5-6-24-15(10)20-13/h5-6,9,19H,7-8H2,1-4H3/t9-,18-/m0/s1. The van der Waals surface area contributed by atoms with Crippen LogP contribution in [0.4, 0.5) is 0 Å². The van der Waals surface area contributed by atoms with Crippen molar-refractivity contribution in [2.45, 2.75) is 32.3 Å². The first-order valence-corrected chi connectivity index (χ1v) is 8.00.